The molecule has 2 aliphatic heterocycles. The van der Waals surface area contributed by atoms with Gasteiger partial charge in [-0.15, -0.1) is 0 Å². The lowest BCUT2D eigenvalue weighted by atomic mass is 9.94. The van der Waals surface area contributed by atoms with E-state index < -0.39 is 18.5 Å². The molecule has 8 nitrogen and oxygen atoms in total. The monoisotopic (exact) mass is 715 g/mol. The van der Waals surface area contributed by atoms with Crippen molar-refractivity contribution in [3.8, 4) is 23.1 Å². The molecule has 7 rings (SSSR count). The summed E-state index contributed by atoms with van der Waals surface area (Å²) in [6, 6.07) is 14.3. The Hall–Kier alpha value is -4.59. The van der Waals surface area contributed by atoms with Crippen LogP contribution in [0.3, 0.4) is 0 Å². The summed E-state index contributed by atoms with van der Waals surface area (Å²) in [5.74, 6) is -0.699. The summed E-state index contributed by atoms with van der Waals surface area (Å²) in [5.41, 5.74) is 2.54. The van der Waals surface area contributed by atoms with Crippen LogP contribution in [0.4, 0.5) is 8.78 Å². The second kappa shape index (κ2) is 14.0. The SMILES string of the molecule is C[C@H](Oc1nc2c(F)c(-c3cccc4cccc(Cl)c34)c(Cl)cc2c2c1cnn2[C@H]1CCN(C(=O)/C=C/CF)[C@H](CC#N)C1)C1=[N+](C)CCC1. The van der Waals surface area contributed by atoms with Crippen molar-refractivity contribution < 1.29 is 22.9 Å². The van der Waals surface area contributed by atoms with Gasteiger partial charge >= 0.3 is 0 Å². The molecule has 1 fully saturated rings. The fraction of sp³-hybridized carbons (Fsp3) is 0.342. The Labute approximate surface area is 298 Å². The van der Waals surface area contributed by atoms with Gasteiger partial charge in [-0.1, -0.05) is 53.5 Å². The van der Waals surface area contributed by atoms with Gasteiger partial charge in [0.25, 0.3) is 0 Å². The van der Waals surface area contributed by atoms with E-state index in [1.807, 2.05) is 42.9 Å². The lowest BCUT2D eigenvalue weighted by Crippen LogP contribution is -2.46. The van der Waals surface area contributed by atoms with Crippen molar-refractivity contribution in [1.29, 1.82) is 5.26 Å². The Morgan fingerprint density at radius 3 is 2.76 bits per heavy atom. The van der Waals surface area contributed by atoms with E-state index in [1.54, 1.807) is 29.3 Å². The molecule has 3 atom stereocenters. The van der Waals surface area contributed by atoms with Crippen LogP contribution in [0.25, 0.3) is 43.7 Å². The standard InChI is InChI=1S/C38H35Cl2F2N6O2/c1-22(31-11-6-17-46(31)2)50-38-28-21-44-48(25-14-18-47(24(19-25)13-16-43)32(49)12-5-15-41)37(28)27-20-30(40)34(35(42)36(27)45-38)26-9-3-7-23-8-4-10-29(39)33(23)26/h3-5,7-10,12,20-22,24-25H,6,11,13-15,17-19H2,1-2H3/q+1/b12-5+/t22-,24+,25-/m0/s1. The number of likely N-dealkylation sites (tertiary alicyclic amines) is 1. The van der Waals surface area contributed by atoms with Gasteiger partial charge in [-0.3, -0.25) is 9.48 Å². The Morgan fingerprint density at radius 1 is 1.22 bits per heavy atom. The number of hydrogen-bond acceptors (Lipinski definition) is 5. The van der Waals surface area contributed by atoms with Crippen LogP contribution >= 0.6 is 23.2 Å². The predicted molar refractivity (Wildman–Crippen MR) is 192 cm³/mol. The minimum atomic E-state index is -0.752. The van der Waals surface area contributed by atoms with Crippen LogP contribution in [0, 0.1) is 17.1 Å². The molecule has 5 aromatic rings. The third kappa shape index (κ3) is 5.96. The Kier molecular flexibility index (Phi) is 9.46. The van der Waals surface area contributed by atoms with E-state index in [9.17, 15) is 14.4 Å². The number of benzene rings is 3. The normalized spacial score (nSPS) is 18.9. The number of ether oxygens (including phenoxy) is 1. The maximum atomic E-state index is 17.2. The van der Waals surface area contributed by atoms with E-state index in [0.29, 0.717) is 51.6 Å². The summed E-state index contributed by atoms with van der Waals surface area (Å²) in [4.78, 5) is 19.3. The number of rotatable bonds is 8. The Balaban J connectivity index is 1.41. The van der Waals surface area contributed by atoms with E-state index in [4.69, 9.17) is 38.0 Å². The highest BCUT2D eigenvalue weighted by Crippen LogP contribution is 2.44. The first-order valence-corrected chi connectivity index (χ1v) is 17.5. The minimum absolute atomic E-state index is 0.0761. The molecule has 4 heterocycles. The number of carbonyl (C=O) groups is 1. The summed E-state index contributed by atoms with van der Waals surface area (Å²) in [7, 11) is 2.04. The number of halogens is 4. The first-order chi connectivity index (χ1) is 24.2. The second-order valence-corrected chi connectivity index (χ2v) is 13.7. The molecule has 1 saturated heterocycles. The average Bonchev–Trinajstić information content (AvgIpc) is 3.75. The number of pyridine rings is 1. The van der Waals surface area contributed by atoms with Gasteiger partial charge in [-0.2, -0.15) is 10.4 Å². The molecule has 0 bridgehead atoms. The highest BCUT2D eigenvalue weighted by molar-refractivity contribution is 6.38. The zero-order valence-corrected chi connectivity index (χ0v) is 29.2. The van der Waals surface area contributed by atoms with Crippen LogP contribution in [-0.4, -0.2) is 74.8 Å². The van der Waals surface area contributed by atoms with Gasteiger partial charge in [0.15, 0.2) is 17.6 Å². The molecule has 50 heavy (non-hydrogen) atoms. The largest absolute Gasteiger partial charge is 0.463 e. The fourth-order valence-corrected chi connectivity index (χ4v) is 8.21. The highest BCUT2D eigenvalue weighted by atomic mass is 35.5. The van der Waals surface area contributed by atoms with E-state index in [2.05, 4.69) is 10.6 Å². The van der Waals surface area contributed by atoms with E-state index in [0.717, 1.165) is 30.5 Å². The number of hydrogen-bond donors (Lipinski definition) is 0. The molecule has 2 aromatic heterocycles. The number of fused-ring (bicyclic) bond motifs is 4. The van der Waals surface area contributed by atoms with Crippen LogP contribution in [0.15, 0.2) is 60.8 Å². The summed E-state index contributed by atoms with van der Waals surface area (Å²) in [6.45, 7) is 2.49. The summed E-state index contributed by atoms with van der Waals surface area (Å²) in [5, 5.41) is 17.7. The van der Waals surface area contributed by atoms with Crippen molar-refractivity contribution in [2.75, 3.05) is 26.8 Å². The first kappa shape index (κ1) is 33.9. The molecule has 12 heteroatoms. The maximum Gasteiger partial charge on any atom is 0.246 e. The average molecular weight is 717 g/mol. The lowest BCUT2D eigenvalue weighted by Gasteiger charge is -2.38. The van der Waals surface area contributed by atoms with Gasteiger partial charge in [0.1, 0.15) is 25.8 Å². The van der Waals surface area contributed by atoms with Crippen LogP contribution in [0.2, 0.25) is 10.0 Å². The molecule has 0 radical (unpaired) electrons. The van der Waals surface area contributed by atoms with Crippen LogP contribution in [0.1, 0.15) is 45.1 Å². The molecule has 0 unspecified atom stereocenters. The van der Waals surface area contributed by atoms with Gasteiger partial charge < -0.3 is 9.64 Å². The lowest BCUT2D eigenvalue weighted by molar-refractivity contribution is -0.491. The smallest absolute Gasteiger partial charge is 0.246 e. The van der Waals surface area contributed by atoms with Crippen molar-refractivity contribution in [1.82, 2.24) is 19.7 Å². The molecule has 0 N–H and O–H groups in total. The number of nitrogens with zero attached hydrogens (tertiary/aromatic N) is 6. The number of nitriles is 1. The topological polar surface area (TPSA) is 87.1 Å². The highest BCUT2D eigenvalue weighted by Gasteiger charge is 2.34. The van der Waals surface area contributed by atoms with E-state index in [-0.39, 0.29) is 46.5 Å². The Bertz CT molecular complexity index is 2260. The van der Waals surface area contributed by atoms with Gasteiger partial charge in [-0.05, 0) is 48.9 Å². The van der Waals surface area contributed by atoms with E-state index >= 15 is 4.39 Å². The zero-order chi connectivity index (χ0) is 35.1. The van der Waals surface area contributed by atoms with Crippen molar-refractivity contribution in [3.63, 3.8) is 0 Å². The van der Waals surface area contributed by atoms with Crippen LogP contribution in [0.5, 0.6) is 5.88 Å². The van der Waals surface area contributed by atoms with Crippen LogP contribution in [-0.2, 0) is 4.79 Å². The quantitative estimate of drug-likeness (QED) is 0.119. The number of piperidine rings is 1. The molecular formula is C38H35Cl2F2N6O2+. The molecule has 3 aromatic carbocycles. The number of aromatic nitrogens is 3. The zero-order valence-electron chi connectivity index (χ0n) is 27.7. The van der Waals surface area contributed by atoms with Gasteiger partial charge in [0.05, 0.1) is 40.7 Å². The third-order valence-corrected chi connectivity index (χ3v) is 10.6. The number of carbonyl (C=O) groups excluding carboxylic acids is 1. The molecule has 1 amide bonds. The molecule has 2 aliphatic rings. The van der Waals surface area contributed by atoms with Gasteiger partial charge in [-0.25, -0.2) is 18.3 Å². The number of allylic oxidation sites excluding steroid dienone is 1. The van der Waals surface area contributed by atoms with Crippen LogP contribution < -0.4 is 4.74 Å². The Morgan fingerprint density at radius 2 is 2.02 bits per heavy atom. The van der Waals surface area contributed by atoms with Gasteiger partial charge in [0.2, 0.25) is 11.8 Å². The summed E-state index contributed by atoms with van der Waals surface area (Å²) in [6.07, 6.45) is 6.68. The van der Waals surface area contributed by atoms with E-state index in [1.165, 1.54) is 12.2 Å². The minimum Gasteiger partial charge on any atom is -0.463 e. The predicted octanol–water partition coefficient (Wildman–Crippen LogP) is 8.47. The van der Waals surface area contributed by atoms with Crippen molar-refractivity contribution in [3.05, 3.63) is 76.7 Å². The number of alkyl halides is 1. The second-order valence-electron chi connectivity index (χ2n) is 12.9. The summed E-state index contributed by atoms with van der Waals surface area (Å²) < 4.78 is 40.5. The maximum absolute atomic E-state index is 17.2. The molecular weight excluding hydrogens is 681 g/mol. The first-order valence-electron chi connectivity index (χ1n) is 16.7. The van der Waals surface area contributed by atoms with Crippen molar-refractivity contribution in [2.45, 2.75) is 57.2 Å². The third-order valence-electron chi connectivity index (χ3n) is 9.98. The van der Waals surface area contributed by atoms with Crippen molar-refractivity contribution >= 4 is 67.4 Å². The van der Waals surface area contributed by atoms with Crippen molar-refractivity contribution in [2.24, 2.45) is 0 Å². The molecule has 256 valence electrons. The molecule has 0 saturated carbocycles. The molecule has 0 aliphatic carbocycles. The molecule has 0 spiro atoms. The van der Waals surface area contributed by atoms with Gasteiger partial charge in [0, 0.05) is 52.9 Å². The fourth-order valence-electron chi connectivity index (χ4n) is 7.63. The number of amides is 1. The summed E-state index contributed by atoms with van der Waals surface area (Å²) >= 11 is 13.7.